The van der Waals surface area contributed by atoms with Gasteiger partial charge in [0.15, 0.2) is 0 Å². The van der Waals surface area contributed by atoms with Crippen LogP contribution >= 0.6 is 0 Å². The van der Waals surface area contributed by atoms with Gasteiger partial charge < -0.3 is 15.0 Å². The number of rotatable bonds is 5. The maximum absolute atomic E-state index is 12.5. The molecule has 4 rings (SSSR count). The fraction of sp³-hybridized carbons (Fsp3) is 0.286. The van der Waals surface area contributed by atoms with Crippen LogP contribution in [0.5, 0.6) is 0 Å². The molecule has 3 aromatic rings. The zero-order chi connectivity index (χ0) is 19.3. The number of carbonyl (C=O) groups excluding carboxylic acids is 1. The van der Waals surface area contributed by atoms with E-state index in [1.54, 1.807) is 12.1 Å². The molecule has 2 heterocycles. The van der Waals surface area contributed by atoms with E-state index in [1.165, 1.54) is 10.9 Å². The number of nitrogens with zero attached hydrogens (tertiary/aromatic N) is 3. The van der Waals surface area contributed by atoms with Gasteiger partial charge in [-0.05, 0) is 36.4 Å². The summed E-state index contributed by atoms with van der Waals surface area (Å²) in [6.45, 7) is 3.51. The Balaban J connectivity index is 1.36. The molecule has 1 N–H and O–H groups in total. The van der Waals surface area contributed by atoms with E-state index in [0.29, 0.717) is 10.9 Å². The topological polar surface area (TPSA) is 76.5 Å². The van der Waals surface area contributed by atoms with Crippen molar-refractivity contribution in [3.8, 4) is 0 Å². The zero-order valence-electron chi connectivity index (χ0n) is 15.5. The third-order valence-electron chi connectivity index (χ3n) is 4.84. The van der Waals surface area contributed by atoms with E-state index in [2.05, 4.69) is 15.2 Å². The molecule has 2 aromatic carbocycles. The highest BCUT2D eigenvalue weighted by atomic mass is 16.5. The number of carbonyl (C=O) groups is 1. The van der Waals surface area contributed by atoms with Crippen LogP contribution in [-0.2, 0) is 16.1 Å². The van der Waals surface area contributed by atoms with Crippen LogP contribution in [0.25, 0.3) is 10.9 Å². The van der Waals surface area contributed by atoms with Gasteiger partial charge in [-0.15, -0.1) is 0 Å². The number of fused-ring (bicyclic) bond motifs is 1. The minimum Gasteiger partial charge on any atom is -0.378 e. The summed E-state index contributed by atoms with van der Waals surface area (Å²) in [5, 5.41) is 3.44. The van der Waals surface area contributed by atoms with Crippen LogP contribution in [0.15, 0.2) is 59.7 Å². The standard InChI is InChI=1S/C21H22N4O3/c26-20(9-10-25-15-22-19-4-2-1-3-18(19)21(25)27)23-16-5-7-17(8-6-16)24-11-13-28-14-12-24/h1-8,15H,9-14H2,(H,23,26). The number of para-hydroxylation sites is 1. The number of morpholine rings is 1. The molecule has 1 amide bonds. The van der Waals surface area contributed by atoms with Crippen molar-refractivity contribution in [3.63, 3.8) is 0 Å². The molecule has 1 aromatic heterocycles. The summed E-state index contributed by atoms with van der Waals surface area (Å²) >= 11 is 0. The average Bonchev–Trinajstić information content (AvgIpc) is 2.75. The molecule has 0 unspecified atom stereocenters. The first-order valence-electron chi connectivity index (χ1n) is 9.37. The van der Waals surface area contributed by atoms with Crippen molar-refractivity contribution in [3.05, 3.63) is 65.2 Å². The highest BCUT2D eigenvalue weighted by Gasteiger charge is 2.11. The van der Waals surface area contributed by atoms with Gasteiger partial charge in [-0.2, -0.15) is 0 Å². The predicted molar refractivity (Wildman–Crippen MR) is 109 cm³/mol. The first-order valence-corrected chi connectivity index (χ1v) is 9.37. The summed E-state index contributed by atoms with van der Waals surface area (Å²) in [6, 6.07) is 15.0. The van der Waals surface area contributed by atoms with Crippen molar-refractivity contribution in [2.75, 3.05) is 36.5 Å². The van der Waals surface area contributed by atoms with Crippen molar-refractivity contribution in [2.45, 2.75) is 13.0 Å². The monoisotopic (exact) mass is 378 g/mol. The number of ether oxygens (including phenoxy) is 1. The minimum atomic E-state index is -0.140. The summed E-state index contributed by atoms with van der Waals surface area (Å²) in [7, 11) is 0. The molecule has 1 aliphatic rings. The molecule has 0 spiro atoms. The van der Waals surface area contributed by atoms with Crippen LogP contribution in [0.4, 0.5) is 11.4 Å². The van der Waals surface area contributed by atoms with Gasteiger partial charge in [0, 0.05) is 37.4 Å². The molecule has 7 nitrogen and oxygen atoms in total. The van der Waals surface area contributed by atoms with Gasteiger partial charge in [-0.1, -0.05) is 12.1 Å². The number of amides is 1. The lowest BCUT2D eigenvalue weighted by molar-refractivity contribution is -0.116. The molecule has 0 saturated carbocycles. The lowest BCUT2D eigenvalue weighted by Crippen LogP contribution is -2.36. The molecule has 1 saturated heterocycles. The van der Waals surface area contributed by atoms with Gasteiger partial charge in [0.05, 0.1) is 30.4 Å². The number of benzene rings is 2. The Labute approximate surface area is 162 Å². The zero-order valence-corrected chi connectivity index (χ0v) is 15.5. The van der Waals surface area contributed by atoms with Gasteiger partial charge in [0.1, 0.15) is 0 Å². The Morgan fingerprint density at radius 2 is 1.82 bits per heavy atom. The van der Waals surface area contributed by atoms with Crippen LogP contribution in [0.2, 0.25) is 0 Å². The van der Waals surface area contributed by atoms with Gasteiger partial charge >= 0.3 is 0 Å². The van der Waals surface area contributed by atoms with Crippen LogP contribution in [0, 0.1) is 0 Å². The van der Waals surface area contributed by atoms with E-state index < -0.39 is 0 Å². The molecular formula is C21H22N4O3. The maximum Gasteiger partial charge on any atom is 0.261 e. The molecule has 0 bridgehead atoms. The van der Waals surface area contributed by atoms with Crippen molar-refractivity contribution < 1.29 is 9.53 Å². The second-order valence-corrected chi connectivity index (χ2v) is 6.70. The Bertz CT molecular complexity index is 1020. The Hall–Kier alpha value is -3.19. The number of nitrogens with one attached hydrogen (secondary N) is 1. The lowest BCUT2D eigenvalue weighted by atomic mass is 10.2. The van der Waals surface area contributed by atoms with E-state index >= 15 is 0 Å². The SMILES string of the molecule is O=C(CCn1cnc2ccccc2c1=O)Nc1ccc(N2CCOCC2)cc1. The molecule has 144 valence electrons. The Morgan fingerprint density at radius 3 is 2.61 bits per heavy atom. The van der Waals surface area contributed by atoms with Gasteiger partial charge in [0.25, 0.3) is 5.56 Å². The van der Waals surface area contributed by atoms with Crippen molar-refractivity contribution in [2.24, 2.45) is 0 Å². The number of aromatic nitrogens is 2. The van der Waals surface area contributed by atoms with Gasteiger partial charge in [-0.25, -0.2) is 4.98 Å². The normalized spacial score (nSPS) is 14.2. The van der Waals surface area contributed by atoms with E-state index in [-0.39, 0.29) is 24.4 Å². The second-order valence-electron chi connectivity index (χ2n) is 6.70. The first-order chi connectivity index (χ1) is 13.7. The van der Waals surface area contributed by atoms with E-state index in [0.717, 1.165) is 37.7 Å². The number of hydrogen-bond acceptors (Lipinski definition) is 5. The highest BCUT2D eigenvalue weighted by Crippen LogP contribution is 2.19. The Morgan fingerprint density at radius 1 is 1.07 bits per heavy atom. The molecule has 1 aliphatic heterocycles. The van der Waals surface area contributed by atoms with Crippen molar-refractivity contribution in [1.29, 1.82) is 0 Å². The summed E-state index contributed by atoms with van der Waals surface area (Å²) in [5.74, 6) is -0.140. The van der Waals surface area contributed by atoms with Crippen LogP contribution < -0.4 is 15.8 Å². The molecule has 0 radical (unpaired) electrons. The third-order valence-corrected chi connectivity index (χ3v) is 4.84. The van der Waals surface area contributed by atoms with E-state index in [1.807, 2.05) is 36.4 Å². The predicted octanol–water partition coefficient (Wildman–Crippen LogP) is 2.26. The summed E-state index contributed by atoms with van der Waals surface area (Å²) < 4.78 is 6.84. The molecule has 1 fully saturated rings. The fourth-order valence-electron chi connectivity index (χ4n) is 3.29. The third kappa shape index (κ3) is 4.04. The molecule has 28 heavy (non-hydrogen) atoms. The number of hydrogen-bond donors (Lipinski definition) is 1. The quantitative estimate of drug-likeness (QED) is 0.737. The highest BCUT2D eigenvalue weighted by molar-refractivity contribution is 5.90. The van der Waals surface area contributed by atoms with E-state index in [9.17, 15) is 9.59 Å². The fourth-order valence-corrected chi connectivity index (χ4v) is 3.29. The molecule has 7 heteroatoms. The maximum atomic E-state index is 12.5. The number of anilines is 2. The smallest absolute Gasteiger partial charge is 0.261 e. The van der Waals surface area contributed by atoms with Crippen molar-refractivity contribution >= 4 is 28.2 Å². The molecular weight excluding hydrogens is 356 g/mol. The second kappa shape index (κ2) is 8.22. The number of aryl methyl sites for hydroxylation is 1. The van der Waals surface area contributed by atoms with Gasteiger partial charge in [0.2, 0.25) is 5.91 Å². The van der Waals surface area contributed by atoms with Crippen LogP contribution in [0.1, 0.15) is 6.42 Å². The van der Waals surface area contributed by atoms with Crippen LogP contribution in [0.3, 0.4) is 0 Å². The van der Waals surface area contributed by atoms with Gasteiger partial charge in [-0.3, -0.25) is 14.2 Å². The van der Waals surface area contributed by atoms with Crippen LogP contribution in [-0.4, -0.2) is 41.8 Å². The minimum absolute atomic E-state index is 0.131. The summed E-state index contributed by atoms with van der Waals surface area (Å²) in [6.07, 6.45) is 1.69. The lowest BCUT2D eigenvalue weighted by Gasteiger charge is -2.28. The van der Waals surface area contributed by atoms with Crippen molar-refractivity contribution in [1.82, 2.24) is 9.55 Å². The summed E-state index contributed by atoms with van der Waals surface area (Å²) in [4.78, 5) is 31.3. The molecule has 0 aliphatic carbocycles. The first kappa shape index (κ1) is 18.2. The largest absolute Gasteiger partial charge is 0.378 e. The summed E-state index contributed by atoms with van der Waals surface area (Å²) in [5.41, 5.74) is 2.39. The average molecular weight is 378 g/mol. The van der Waals surface area contributed by atoms with E-state index in [4.69, 9.17) is 4.74 Å². The molecule has 0 atom stereocenters. The Kier molecular flexibility index (Phi) is 5.34.